The molecule has 0 fully saturated rings. The number of amides is 1. The van der Waals surface area contributed by atoms with E-state index in [-0.39, 0.29) is 17.2 Å². The van der Waals surface area contributed by atoms with Crippen molar-refractivity contribution in [2.45, 2.75) is 12.8 Å². The number of aryl methyl sites for hydroxylation is 1. The van der Waals surface area contributed by atoms with Crippen LogP contribution < -0.4 is 15.2 Å². The number of rotatable bonds is 2. The maximum atomic E-state index is 12.6. The van der Waals surface area contributed by atoms with Crippen molar-refractivity contribution in [2.24, 2.45) is 0 Å². The van der Waals surface area contributed by atoms with Crippen LogP contribution in [-0.4, -0.2) is 29.8 Å². The molecule has 1 amide bonds. The van der Waals surface area contributed by atoms with E-state index in [2.05, 4.69) is 10.2 Å². The second-order valence-corrected chi connectivity index (χ2v) is 4.86. The lowest BCUT2D eigenvalue weighted by molar-refractivity contribution is 0.0979. The van der Waals surface area contributed by atoms with Gasteiger partial charge in [0.15, 0.2) is 0 Å². The number of anilines is 1. The van der Waals surface area contributed by atoms with Crippen LogP contribution in [0.15, 0.2) is 35.1 Å². The summed E-state index contributed by atoms with van der Waals surface area (Å²) in [6, 6.07) is 8.48. The van der Waals surface area contributed by atoms with Crippen LogP contribution in [0.1, 0.15) is 22.5 Å². The van der Waals surface area contributed by atoms with Crippen molar-refractivity contribution in [1.82, 2.24) is 10.2 Å². The largest absolute Gasteiger partial charge is 0.497 e. The Bertz CT molecular complexity index is 719. The van der Waals surface area contributed by atoms with Gasteiger partial charge in [-0.15, -0.1) is 0 Å². The normalized spacial score (nSPS) is 13.7. The standard InChI is InChI=1S/C15H15N3O3/c1-21-11-5-4-10-3-2-8-18(13(10)9-11)15(20)12-6-7-14(19)17-16-12/h4-7,9H,2-3,8H2,1H3,(H,17,19). The van der Waals surface area contributed by atoms with Gasteiger partial charge in [-0.1, -0.05) is 6.07 Å². The first kappa shape index (κ1) is 13.4. The fourth-order valence-corrected chi connectivity index (χ4v) is 2.49. The Morgan fingerprint density at radius 1 is 1.33 bits per heavy atom. The molecule has 0 spiro atoms. The Kier molecular flexibility index (Phi) is 3.43. The molecule has 6 heteroatoms. The molecule has 0 radical (unpaired) electrons. The monoisotopic (exact) mass is 285 g/mol. The molecule has 2 aromatic rings. The quantitative estimate of drug-likeness (QED) is 0.904. The van der Waals surface area contributed by atoms with Crippen molar-refractivity contribution < 1.29 is 9.53 Å². The van der Waals surface area contributed by atoms with Crippen LogP contribution in [0.2, 0.25) is 0 Å². The highest BCUT2D eigenvalue weighted by Crippen LogP contribution is 2.31. The molecule has 0 saturated carbocycles. The third kappa shape index (κ3) is 2.52. The first-order valence-electron chi connectivity index (χ1n) is 6.73. The van der Waals surface area contributed by atoms with E-state index in [0.717, 1.165) is 24.1 Å². The zero-order valence-electron chi connectivity index (χ0n) is 11.6. The van der Waals surface area contributed by atoms with Crippen molar-refractivity contribution >= 4 is 11.6 Å². The fraction of sp³-hybridized carbons (Fsp3) is 0.267. The number of H-pyrrole nitrogens is 1. The predicted molar refractivity (Wildman–Crippen MR) is 77.8 cm³/mol. The summed E-state index contributed by atoms with van der Waals surface area (Å²) < 4.78 is 5.23. The Morgan fingerprint density at radius 3 is 2.90 bits per heavy atom. The summed E-state index contributed by atoms with van der Waals surface area (Å²) in [5.41, 5.74) is 1.86. The van der Waals surface area contributed by atoms with Crippen molar-refractivity contribution in [3.8, 4) is 5.75 Å². The molecule has 6 nitrogen and oxygen atoms in total. The topological polar surface area (TPSA) is 75.3 Å². The molecule has 0 aliphatic carbocycles. The number of aromatic nitrogens is 2. The Labute approximate surface area is 121 Å². The van der Waals surface area contributed by atoms with E-state index in [1.165, 1.54) is 12.1 Å². The Hall–Kier alpha value is -2.63. The third-order valence-electron chi connectivity index (χ3n) is 3.55. The van der Waals surface area contributed by atoms with Gasteiger partial charge >= 0.3 is 0 Å². The molecule has 0 unspecified atom stereocenters. The average Bonchev–Trinajstić information content (AvgIpc) is 2.54. The number of methoxy groups -OCH3 is 1. The van der Waals surface area contributed by atoms with Gasteiger partial charge in [0.1, 0.15) is 11.4 Å². The summed E-state index contributed by atoms with van der Waals surface area (Å²) in [6.07, 6.45) is 1.83. The van der Waals surface area contributed by atoms with Crippen molar-refractivity contribution in [3.05, 3.63) is 51.9 Å². The van der Waals surface area contributed by atoms with Gasteiger partial charge in [-0.2, -0.15) is 5.10 Å². The molecule has 1 aromatic carbocycles. The Morgan fingerprint density at radius 2 is 2.19 bits per heavy atom. The highest BCUT2D eigenvalue weighted by molar-refractivity contribution is 6.05. The molecule has 1 N–H and O–H groups in total. The lowest BCUT2D eigenvalue weighted by atomic mass is 10.0. The molecule has 0 saturated heterocycles. The minimum atomic E-state index is -0.327. The zero-order chi connectivity index (χ0) is 14.8. The molecule has 0 bridgehead atoms. The zero-order valence-corrected chi connectivity index (χ0v) is 11.6. The van der Waals surface area contributed by atoms with Gasteiger partial charge in [-0.25, -0.2) is 5.10 Å². The molecule has 1 aromatic heterocycles. The Balaban J connectivity index is 1.99. The van der Waals surface area contributed by atoms with E-state index >= 15 is 0 Å². The number of fused-ring (bicyclic) bond motifs is 1. The van der Waals surface area contributed by atoms with Crippen LogP contribution in [0.5, 0.6) is 5.75 Å². The molecule has 3 rings (SSSR count). The van der Waals surface area contributed by atoms with E-state index in [4.69, 9.17) is 4.74 Å². The van der Waals surface area contributed by atoms with Crippen LogP contribution in [-0.2, 0) is 6.42 Å². The minimum absolute atomic E-state index is 0.222. The van der Waals surface area contributed by atoms with Crippen LogP contribution in [0.3, 0.4) is 0 Å². The maximum absolute atomic E-state index is 12.6. The lowest BCUT2D eigenvalue weighted by Gasteiger charge is -2.29. The van der Waals surface area contributed by atoms with Gasteiger partial charge in [0.25, 0.3) is 11.5 Å². The van der Waals surface area contributed by atoms with Crippen molar-refractivity contribution in [3.63, 3.8) is 0 Å². The second kappa shape index (κ2) is 5.40. The summed E-state index contributed by atoms with van der Waals surface area (Å²) in [5, 5.41) is 6.10. The van der Waals surface area contributed by atoms with Crippen LogP contribution in [0, 0.1) is 0 Å². The van der Waals surface area contributed by atoms with Gasteiger partial charge < -0.3 is 9.64 Å². The number of carbonyl (C=O) groups is 1. The van der Waals surface area contributed by atoms with E-state index in [9.17, 15) is 9.59 Å². The van der Waals surface area contributed by atoms with Gasteiger partial charge in [0, 0.05) is 18.7 Å². The number of benzene rings is 1. The highest BCUT2D eigenvalue weighted by Gasteiger charge is 2.25. The molecule has 1 aliphatic heterocycles. The first-order valence-corrected chi connectivity index (χ1v) is 6.73. The molecule has 0 atom stereocenters. The van der Waals surface area contributed by atoms with Crippen LogP contribution in [0.4, 0.5) is 5.69 Å². The molecule has 1 aliphatic rings. The third-order valence-corrected chi connectivity index (χ3v) is 3.55. The number of aromatic amines is 1. The SMILES string of the molecule is COc1ccc2c(c1)N(C(=O)c1ccc(=O)[nH]n1)CCC2. The molecule has 2 heterocycles. The smallest absolute Gasteiger partial charge is 0.278 e. The van der Waals surface area contributed by atoms with Gasteiger partial charge in [-0.3, -0.25) is 9.59 Å². The van der Waals surface area contributed by atoms with Crippen molar-refractivity contribution in [2.75, 3.05) is 18.6 Å². The minimum Gasteiger partial charge on any atom is -0.497 e. The van der Waals surface area contributed by atoms with Crippen LogP contribution in [0.25, 0.3) is 0 Å². The number of nitrogens with zero attached hydrogens (tertiary/aromatic N) is 2. The number of carbonyl (C=O) groups excluding carboxylic acids is 1. The summed E-state index contributed by atoms with van der Waals surface area (Å²) >= 11 is 0. The fourth-order valence-electron chi connectivity index (χ4n) is 2.49. The average molecular weight is 285 g/mol. The van der Waals surface area contributed by atoms with E-state index in [1.54, 1.807) is 12.0 Å². The number of ether oxygens (including phenoxy) is 1. The first-order chi connectivity index (χ1) is 10.2. The molecule has 108 valence electrons. The number of hydrogen-bond donors (Lipinski definition) is 1. The van der Waals surface area contributed by atoms with E-state index < -0.39 is 0 Å². The van der Waals surface area contributed by atoms with Gasteiger partial charge in [-0.05, 0) is 30.5 Å². The summed E-state index contributed by atoms with van der Waals surface area (Å²) in [4.78, 5) is 25.3. The van der Waals surface area contributed by atoms with Gasteiger partial charge in [0.05, 0.1) is 12.8 Å². The van der Waals surface area contributed by atoms with Crippen molar-refractivity contribution in [1.29, 1.82) is 0 Å². The summed E-state index contributed by atoms with van der Waals surface area (Å²) in [7, 11) is 1.60. The summed E-state index contributed by atoms with van der Waals surface area (Å²) in [6.45, 7) is 0.625. The molecular formula is C15H15N3O3. The van der Waals surface area contributed by atoms with Crippen LogP contribution >= 0.6 is 0 Å². The molecular weight excluding hydrogens is 270 g/mol. The number of hydrogen-bond acceptors (Lipinski definition) is 4. The second-order valence-electron chi connectivity index (χ2n) is 4.86. The molecule has 21 heavy (non-hydrogen) atoms. The highest BCUT2D eigenvalue weighted by atomic mass is 16.5. The van der Waals surface area contributed by atoms with Gasteiger partial charge in [0.2, 0.25) is 0 Å². The van der Waals surface area contributed by atoms with E-state index in [0.29, 0.717) is 12.3 Å². The maximum Gasteiger partial charge on any atom is 0.278 e. The lowest BCUT2D eigenvalue weighted by Crippen LogP contribution is -2.36. The number of nitrogens with one attached hydrogen (secondary N) is 1. The van der Waals surface area contributed by atoms with E-state index in [1.807, 2.05) is 18.2 Å². The predicted octanol–water partition coefficient (Wildman–Crippen LogP) is 1.37. The summed E-state index contributed by atoms with van der Waals surface area (Å²) in [5.74, 6) is 0.489.